The van der Waals surface area contributed by atoms with E-state index in [0.29, 0.717) is 6.04 Å². The molecule has 0 bridgehead atoms. The van der Waals surface area contributed by atoms with Crippen molar-refractivity contribution in [1.82, 2.24) is 20.2 Å². The summed E-state index contributed by atoms with van der Waals surface area (Å²) in [5, 5.41) is 12.2. The van der Waals surface area contributed by atoms with E-state index in [4.69, 9.17) is 5.73 Å². The highest BCUT2D eigenvalue weighted by Crippen LogP contribution is 2.37. The highest BCUT2D eigenvalue weighted by Gasteiger charge is 2.27. The van der Waals surface area contributed by atoms with Crippen LogP contribution in [0.1, 0.15) is 37.8 Å². The van der Waals surface area contributed by atoms with E-state index in [0.717, 1.165) is 41.4 Å². The maximum absolute atomic E-state index is 6.10. The molecule has 5 nitrogen and oxygen atoms in total. The van der Waals surface area contributed by atoms with Gasteiger partial charge in [-0.3, -0.25) is 0 Å². The van der Waals surface area contributed by atoms with Gasteiger partial charge >= 0.3 is 0 Å². The van der Waals surface area contributed by atoms with Gasteiger partial charge in [-0.2, -0.15) is 0 Å². The van der Waals surface area contributed by atoms with Gasteiger partial charge in [0.2, 0.25) is 0 Å². The molecule has 1 aromatic carbocycles. The van der Waals surface area contributed by atoms with Crippen molar-refractivity contribution < 1.29 is 0 Å². The Labute approximate surface area is 112 Å². The Morgan fingerprint density at radius 1 is 1.32 bits per heavy atom. The first-order valence-corrected chi connectivity index (χ1v) is 6.80. The second-order valence-electron chi connectivity index (χ2n) is 5.56. The maximum atomic E-state index is 6.10. The number of hydrogen-bond acceptors (Lipinski definition) is 4. The number of rotatable bonds is 2. The van der Waals surface area contributed by atoms with Crippen molar-refractivity contribution in [3.8, 4) is 11.4 Å². The van der Waals surface area contributed by atoms with Crippen molar-refractivity contribution in [3.05, 3.63) is 23.8 Å². The van der Waals surface area contributed by atoms with Crippen LogP contribution in [0.3, 0.4) is 0 Å². The van der Waals surface area contributed by atoms with E-state index >= 15 is 0 Å². The van der Waals surface area contributed by atoms with Crippen LogP contribution in [0.4, 0.5) is 5.69 Å². The molecule has 1 aromatic heterocycles. The number of nitrogens with two attached hydrogens (primary N) is 1. The largest absolute Gasteiger partial charge is 0.398 e. The van der Waals surface area contributed by atoms with E-state index in [-0.39, 0.29) is 0 Å². The van der Waals surface area contributed by atoms with Crippen molar-refractivity contribution in [2.45, 2.75) is 39.2 Å². The summed E-state index contributed by atoms with van der Waals surface area (Å²) in [6, 6.07) is 6.31. The molecule has 0 aliphatic heterocycles. The molecule has 19 heavy (non-hydrogen) atoms. The van der Waals surface area contributed by atoms with Gasteiger partial charge in [-0.05, 0) is 54.2 Å². The van der Waals surface area contributed by atoms with Crippen LogP contribution in [-0.4, -0.2) is 20.2 Å². The number of aryl methyl sites for hydroxylation is 1. The van der Waals surface area contributed by atoms with Crippen LogP contribution >= 0.6 is 0 Å². The summed E-state index contributed by atoms with van der Waals surface area (Å²) in [5.74, 6) is 1.55. The number of nitrogen functional groups attached to an aromatic ring is 1. The molecule has 1 aliphatic rings. The third kappa shape index (κ3) is 2.09. The lowest BCUT2D eigenvalue weighted by atomic mass is 10.1. The minimum atomic E-state index is 0.402. The van der Waals surface area contributed by atoms with Crippen molar-refractivity contribution in [2.24, 2.45) is 5.92 Å². The van der Waals surface area contributed by atoms with Gasteiger partial charge in [0.1, 0.15) is 0 Å². The highest BCUT2D eigenvalue weighted by molar-refractivity contribution is 5.74. The smallest absolute Gasteiger partial charge is 0.184 e. The minimum absolute atomic E-state index is 0.402. The SMILES string of the molecule is Cc1cccc(N)c1-c1nnnn1C1CCC(C)C1. The summed E-state index contributed by atoms with van der Waals surface area (Å²) in [6.07, 6.45) is 3.53. The van der Waals surface area contributed by atoms with E-state index in [2.05, 4.69) is 22.4 Å². The summed E-state index contributed by atoms with van der Waals surface area (Å²) in [5.41, 5.74) is 8.91. The Morgan fingerprint density at radius 3 is 2.84 bits per heavy atom. The van der Waals surface area contributed by atoms with Gasteiger partial charge in [0.15, 0.2) is 5.82 Å². The van der Waals surface area contributed by atoms with Crippen molar-refractivity contribution >= 4 is 5.69 Å². The molecule has 5 heteroatoms. The summed E-state index contributed by atoms with van der Waals surface area (Å²) in [7, 11) is 0. The number of aromatic nitrogens is 4. The molecular weight excluding hydrogens is 238 g/mol. The second-order valence-corrected chi connectivity index (χ2v) is 5.56. The fourth-order valence-electron chi connectivity index (χ4n) is 3.00. The quantitative estimate of drug-likeness (QED) is 0.839. The van der Waals surface area contributed by atoms with E-state index in [1.165, 1.54) is 6.42 Å². The fourth-order valence-corrected chi connectivity index (χ4v) is 3.00. The Hall–Kier alpha value is -1.91. The first kappa shape index (κ1) is 12.1. The number of hydrogen-bond donors (Lipinski definition) is 1. The van der Waals surface area contributed by atoms with Crippen molar-refractivity contribution in [3.63, 3.8) is 0 Å². The lowest BCUT2D eigenvalue weighted by Gasteiger charge is -2.14. The van der Waals surface area contributed by atoms with Crippen molar-refractivity contribution in [2.75, 3.05) is 5.73 Å². The van der Waals surface area contributed by atoms with Crippen LogP contribution in [0.25, 0.3) is 11.4 Å². The van der Waals surface area contributed by atoms with Gasteiger partial charge in [-0.15, -0.1) is 5.10 Å². The average Bonchev–Trinajstić information content (AvgIpc) is 2.97. The monoisotopic (exact) mass is 257 g/mol. The minimum Gasteiger partial charge on any atom is -0.398 e. The summed E-state index contributed by atoms with van der Waals surface area (Å²) in [4.78, 5) is 0. The molecule has 1 heterocycles. The van der Waals surface area contributed by atoms with E-state index < -0.39 is 0 Å². The topological polar surface area (TPSA) is 69.6 Å². The van der Waals surface area contributed by atoms with E-state index in [1.807, 2.05) is 29.8 Å². The van der Waals surface area contributed by atoms with Crippen LogP contribution in [0.5, 0.6) is 0 Å². The molecule has 2 aromatic rings. The number of benzene rings is 1. The molecule has 2 N–H and O–H groups in total. The van der Waals surface area contributed by atoms with Crippen LogP contribution in [-0.2, 0) is 0 Å². The van der Waals surface area contributed by atoms with Crippen LogP contribution in [0.15, 0.2) is 18.2 Å². The number of tetrazole rings is 1. The molecular formula is C14H19N5. The molecule has 3 rings (SSSR count). The summed E-state index contributed by atoms with van der Waals surface area (Å²) >= 11 is 0. The zero-order chi connectivity index (χ0) is 13.4. The first-order valence-electron chi connectivity index (χ1n) is 6.80. The number of anilines is 1. The molecule has 1 fully saturated rings. The predicted molar refractivity (Wildman–Crippen MR) is 74.5 cm³/mol. The van der Waals surface area contributed by atoms with Gasteiger partial charge in [0.05, 0.1) is 6.04 Å². The molecule has 0 amide bonds. The van der Waals surface area contributed by atoms with Gasteiger partial charge in [0.25, 0.3) is 0 Å². The van der Waals surface area contributed by atoms with Crippen LogP contribution in [0, 0.1) is 12.8 Å². The van der Waals surface area contributed by atoms with Gasteiger partial charge in [-0.25, -0.2) is 4.68 Å². The molecule has 2 atom stereocenters. The molecule has 1 aliphatic carbocycles. The van der Waals surface area contributed by atoms with Gasteiger partial charge in [-0.1, -0.05) is 19.1 Å². The third-order valence-corrected chi connectivity index (χ3v) is 4.03. The number of nitrogens with zero attached hydrogens (tertiary/aromatic N) is 4. The average molecular weight is 257 g/mol. The Bertz CT molecular complexity index is 569. The lowest BCUT2D eigenvalue weighted by molar-refractivity contribution is 0.443. The first-order chi connectivity index (χ1) is 9.16. The third-order valence-electron chi connectivity index (χ3n) is 4.03. The molecule has 0 spiro atoms. The van der Waals surface area contributed by atoms with Crippen molar-refractivity contribution in [1.29, 1.82) is 0 Å². The molecule has 2 unspecified atom stereocenters. The van der Waals surface area contributed by atoms with E-state index in [1.54, 1.807) is 0 Å². The summed E-state index contributed by atoms with van der Waals surface area (Å²) in [6.45, 7) is 4.33. The molecule has 1 saturated carbocycles. The Balaban J connectivity index is 2.05. The predicted octanol–water partition coefficient (Wildman–Crippen LogP) is 2.59. The van der Waals surface area contributed by atoms with Crippen LogP contribution in [0.2, 0.25) is 0 Å². The van der Waals surface area contributed by atoms with Gasteiger partial charge in [0, 0.05) is 11.3 Å². The molecule has 0 saturated heterocycles. The normalized spacial score (nSPS) is 22.8. The second kappa shape index (κ2) is 4.64. The summed E-state index contributed by atoms with van der Waals surface area (Å²) < 4.78 is 1.96. The molecule has 0 radical (unpaired) electrons. The lowest BCUT2D eigenvalue weighted by Crippen LogP contribution is -2.10. The van der Waals surface area contributed by atoms with Gasteiger partial charge < -0.3 is 5.73 Å². The van der Waals surface area contributed by atoms with Crippen LogP contribution < -0.4 is 5.73 Å². The maximum Gasteiger partial charge on any atom is 0.184 e. The zero-order valence-corrected chi connectivity index (χ0v) is 11.4. The zero-order valence-electron chi connectivity index (χ0n) is 11.4. The highest BCUT2D eigenvalue weighted by atomic mass is 15.5. The molecule has 100 valence electrons. The van der Waals surface area contributed by atoms with E-state index in [9.17, 15) is 0 Å². The standard InChI is InChI=1S/C14H19N5/c1-9-6-7-11(8-9)19-14(16-17-18-19)13-10(2)4-3-5-12(13)15/h3-5,9,11H,6-8,15H2,1-2H3. The fraction of sp³-hybridized carbons (Fsp3) is 0.500. The Morgan fingerprint density at radius 2 is 2.16 bits per heavy atom. The Kier molecular flexibility index (Phi) is 2.97.